The number of alkyl halides is 3. The van der Waals surface area contributed by atoms with Crippen LogP contribution in [0.5, 0.6) is 11.5 Å². The van der Waals surface area contributed by atoms with E-state index in [0.717, 1.165) is 18.4 Å². The van der Waals surface area contributed by atoms with Crippen LogP contribution in [0.3, 0.4) is 0 Å². The number of rotatable bonds is 4. The summed E-state index contributed by atoms with van der Waals surface area (Å²) in [5.74, 6) is 0.956. The second kappa shape index (κ2) is 8.00. The predicted molar refractivity (Wildman–Crippen MR) is 119 cm³/mol. The number of sulfonamides is 1. The number of nitrogens with one attached hydrogen (secondary N) is 1. The van der Waals surface area contributed by atoms with Crippen LogP contribution in [-0.4, -0.2) is 21.8 Å². The maximum Gasteiger partial charge on any atom is 0.416 e. The first-order chi connectivity index (χ1) is 15.0. The number of hydrogen-bond donors (Lipinski definition) is 1. The number of anilines is 1. The zero-order valence-corrected chi connectivity index (χ0v) is 19.2. The van der Waals surface area contributed by atoms with Crippen molar-refractivity contribution < 1.29 is 31.1 Å². The van der Waals surface area contributed by atoms with Crippen LogP contribution < -0.4 is 14.2 Å². The third-order valence-electron chi connectivity index (χ3n) is 4.98. The van der Waals surface area contributed by atoms with Gasteiger partial charge in [-0.15, -0.1) is 0 Å². The van der Waals surface area contributed by atoms with Gasteiger partial charge in [-0.3, -0.25) is 4.72 Å². The number of hydrogen-bond acceptors (Lipinski definition) is 4. The Balaban J connectivity index is 1.98. The minimum atomic E-state index is -4.52. The van der Waals surface area contributed by atoms with Gasteiger partial charge in [-0.2, -0.15) is 13.2 Å². The third-order valence-corrected chi connectivity index (χ3v) is 6.42. The monoisotopic (exact) mass is 527 g/mol. The van der Waals surface area contributed by atoms with E-state index in [1.807, 2.05) is 0 Å². The van der Waals surface area contributed by atoms with Crippen molar-refractivity contribution >= 4 is 31.6 Å². The smallest absolute Gasteiger partial charge is 0.416 e. The summed E-state index contributed by atoms with van der Waals surface area (Å²) in [6.07, 6.45) is -4.44. The van der Waals surface area contributed by atoms with Gasteiger partial charge in [0.05, 0.1) is 30.2 Å². The van der Waals surface area contributed by atoms with Crippen LogP contribution in [0.25, 0.3) is 11.1 Å². The number of fused-ring (bicyclic) bond motifs is 3. The summed E-state index contributed by atoms with van der Waals surface area (Å²) in [5, 5.41) is 0. The van der Waals surface area contributed by atoms with E-state index in [1.54, 1.807) is 30.3 Å². The molecule has 10 heteroatoms. The molecular formula is C22H17BrF3NO4S. The van der Waals surface area contributed by atoms with E-state index in [9.17, 15) is 21.6 Å². The van der Waals surface area contributed by atoms with Crippen molar-refractivity contribution in [2.45, 2.75) is 12.3 Å². The summed E-state index contributed by atoms with van der Waals surface area (Å²) in [6.45, 7) is 0. The highest BCUT2D eigenvalue weighted by molar-refractivity contribution is 9.10. The van der Waals surface area contributed by atoms with Crippen molar-refractivity contribution in [1.82, 2.24) is 0 Å². The maximum atomic E-state index is 13.4. The van der Waals surface area contributed by atoms with Gasteiger partial charge in [0.1, 0.15) is 11.5 Å². The second-order valence-corrected chi connectivity index (χ2v) is 9.76. The van der Waals surface area contributed by atoms with Gasteiger partial charge < -0.3 is 9.47 Å². The summed E-state index contributed by atoms with van der Waals surface area (Å²) in [4.78, 5) is 0. The summed E-state index contributed by atoms with van der Waals surface area (Å²) in [6, 6.07) is 13.3. The summed E-state index contributed by atoms with van der Waals surface area (Å²) < 4.78 is 78.1. The van der Waals surface area contributed by atoms with Crippen LogP contribution in [-0.2, 0) is 16.2 Å². The van der Waals surface area contributed by atoms with Crippen LogP contribution in [0.15, 0.2) is 59.1 Å². The first-order valence-corrected chi connectivity index (χ1v) is 12.0. The summed E-state index contributed by atoms with van der Waals surface area (Å²) in [7, 11) is -2.10. The van der Waals surface area contributed by atoms with E-state index in [0.29, 0.717) is 32.7 Å². The Kier molecular flexibility index (Phi) is 5.62. The Morgan fingerprint density at radius 3 is 2.47 bits per heavy atom. The minimum absolute atomic E-state index is 0.241. The first-order valence-electron chi connectivity index (χ1n) is 9.31. The molecule has 168 valence electrons. The average Bonchev–Trinajstić information content (AvgIpc) is 2.73. The molecule has 0 amide bonds. The van der Waals surface area contributed by atoms with Crippen molar-refractivity contribution in [2.24, 2.45) is 0 Å². The van der Waals surface area contributed by atoms with E-state index < -0.39 is 27.9 Å². The Bertz CT molecular complexity index is 1310. The number of benzene rings is 3. The fraction of sp³-hybridized carbons (Fsp3) is 0.182. The molecule has 1 heterocycles. The van der Waals surface area contributed by atoms with Crippen LogP contribution in [0.2, 0.25) is 0 Å². The Morgan fingerprint density at radius 2 is 1.81 bits per heavy atom. The van der Waals surface area contributed by atoms with E-state index in [2.05, 4.69) is 20.7 Å². The number of ether oxygens (including phenoxy) is 2. The normalized spacial score (nSPS) is 15.4. The van der Waals surface area contributed by atoms with Crippen LogP contribution in [0.4, 0.5) is 18.9 Å². The van der Waals surface area contributed by atoms with Gasteiger partial charge in [-0.05, 0) is 57.4 Å². The Hall–Kier alpha value is -2.72. The van der Waals surface area contributed by atoms with Crippen molar-refractivity contribution in [3.8, 4) is 22.6 Å². The molecule has 32 heavy (non-hydrogen) atoms. The highest BCUT2D eigenvalue weighted by Gasteiger charge is 2.35. The molecule has 0 aliphatic carbocycles. The molecule has 1 N–H and O–H groups in total. The van der Waals surface area contributed by atoms with E-state index in [-0.39, 0.29) is 11.3 Å². The van der Waals surface area contributed by atoms with E-state index >= 15 is 0 Å². The Morgan fingerprint density at radius 1 is 1.09 bits per heavy atom. The van der Waals surface area contributed by atoms with Crippen molar-refractivity contribution in [3.63, 3.8) is 0 Å². The molecule has 0 bridgehead atoms. The van der Waals surface area contributed by atoms with Gasteiger partial charge in [-0.25, -0.2) is 8.42 Å². The van der Waals surface area contributed by atoms with E-state index in [1.165, 1.54) is 19.2 Å². The van der Waals surface area contributed by atoms with Crippen LogP contribution in [0, 0.1) is 0 Å². The fourth-order valence-electron chi connectivity index (χ4n) is 3.69. The quantitative estimate of drug-likeness (QED) is 0.452. The number of halogens is 4. The maximum absolute atomic E-state index is 13.4. The molecule has 3 aromatic rings. The molecule has 1 aliphatic rings. The molecule has 0 aromatic heterocycles. The van der Waals surface area contributed by atoms with E-state index in [4.69, 9.17) is 9.47 Å². The summed E-state index contributed by atoms with van der Waals surface area (Å²) >= 11 is 3.44. The lowest BCUT2D eigenvalue weighted by atomic mass is 9.88. The lowest BCUT2D eigenvalue weighted by Gasteiger charge is -2.32. The molecule has 1 aliphatic heterocycles. The standard InChI is InChI=1S/C22H17BrF3NO4S/c1-30-16-7-4-8-17-18(16)14-9-10-15(27-32(2,28)29)20(23)19(14)21(31-17)12-5-3-6-13(11-12)22(24,25)26/h3-11,21,27H,1-2H3. The minimum Gasteiger partial charge on any atom is -0.496 e. The molecule has 3 aromatic carbocycles. The van der Waals surface area contributed by atoms with Crippen LogP contribution in [0.1, 0.15) is 22.8 Å². The largest absolute Gasteiger partial charge is 0.496 e. The molecule has 0 saturated carbocycles. The molecule has 1 unspecified atom stereocenters. The van der Waals surface area contributed by atoms with Gasteiger partial charge in [0.2, 0.25) is 10.0 Å². The highest BCUT2D eigenvalue weighted by atomic mass is 79.9. The molecule has 1 atom stereocenters. The third kappa shape index (κ3) is 4.16. The summed E-state index contributed by atoms with van der Waals surface area (Å²) in [5.41, 5.74) is 1.46. The Labute approximate surface area is 191 Å². The van der Waals surface area contributed by atoms with Gasteiger partial charge in [0.15, 0.2) is 6.10 Å². The highest BCUT2D eigenvalue weighted by Crippen LogP contribution is 2.52. The molecule has 0 saturated heterocycles. The molecule has 0 spiro atoms. The zero-order valence-electron chi connectivity index (χ0n) is 16.8. The van der Waals surface area contributed by atoms with Crippen molar-refractivity contribution in [3.05, 3.63) is 75.8 Å². The molecular weight excluding hydrogens is 511 g/mol. The zero-order chi connectivity index (χ0) is 23.3. The lowest BCUT2D eigenvalue weighted by Crippen LogP contribution is -2.19. The fourth-order valence-corrected chi connectivity index (χ4v) is 5.04. The number of methoxy groups -OCH3 is 1. The van der Waals surface area contributed by atoms with Crippen molar-refractivity contribution in [2.75, 3.05) is 18.1 Å². The topological polar surface area (TPSA) is 64.6 Å². The van der Waals surface area contributed by atoms with Gasteiger partial charge in [0, 0.05) is 10.0 Å². The first kappa shape index (κ1) is 22.5. The lowest BCUT2D eigenvalue weighted by molar-refractivity contribution is -0.137. The molecule has 4 rings (SSSR count). The van der Waals surface area contributed by atoms with Crippen LogP contribution >= 0.6 is 15.9 Å². The average molecular weight is 528 g/mol. The molecule has 5 nitrogen and oxygen atoms in total. The second-order valence-electron chi connectivity index (χ2n) is 7.22. The van der Waals surface area contributed by atoms with Gasteiger partial charge in [-0.1, -0.05) is 24.3 Å². The van der Waals surface area contributed by atoms with Gasteiger partial charge >= 0.3 is 6.18 Å². The molecule has 0 radical (unpaired) electrons. The van der Waals surface area contributed by atoms with Crippen molar-refractivity contribution in [1.29, 1.82) is 0 Å². The molecule has 0 fully saturated rings. The van der Waals surface area contributed by atoms with Gasteiger partial charge in [0.25, 0.3) is 0 Å². The SMILES string of the molecule is COc1cccc2c1-c1ccc(NS(C)(=O)=O)c(Br)c1C(c1cccc(C(F)(F)F)c1)O2. The predicted octanol–water partition coefficient (Wildman–Crippen LogP) is 6.00.